The summed E-state index contributed by atoms with van der Waals surface area (Å²) >= 11 is 0. The molecule has 108 valence electrons. The van der Waals surface area contributed by atoms with Gasteiger partial charge in [0.1, 0.15) is 6.04 Å². The van der Waals surface area contributed by atoms with Crippen molar-refractivity contribution in [1.82, 2.24) is 15.5 Å². The van der Waals surface area contributed by atoms with Crippen LogP contribution in [0.15, 0.2) is 48.8 Å². The molecule has 2 N–H and O–H groups in total. The van der Waals surface area contributed by atoms with Crippen molar-refractivity contribution < 1.29 is 14.7 Å². The first-order chi connectivity index (χ1) is 10.2. The summed E-state index contributed by atoms with van der Waals surface area (Å²) in [6.07, 6.45) is 3.58. The second-order valence-electron chi connectivity index (χ2n) is 4.52. The number of amides is 1. The topological polar surface area (TPSA) is 92.2 Å². The van der Waals surface area contributed by atoms with E-state index in [1.807, 2.05) is 30.3 Å². The highest BCUT2D eigenvalue weighted by atomic mass is 16.4. The Morgan fingerprint density at radius 1 is 1.14 bits per heavy atom. The number of benzene rings is 1. The third-order valence-electron chi connectivity index (χ3n) is 3.01. The summed E-state index contributed by atoms with van der Waals surface area (Å²) in [5.74, 6) is -1.52. The van der Waals surface area contributed by atoms with Gasteiger partial charge in [-0.15, -0.1) is 0 Å². The summed E-state index contributed by atoms with van der Waals surface area (Å²) in [6, 6.07) is 10.1. The molecule has 2 aromatic rings. The summed E-state index contributed by atoms with van der Waals surface area (Å²) in [5.41, 5.74) is 1.32. The van der Waals surface area contributed by atoms with Crippen molar-refractivity contribution in [3.05, 3.63) is 59.9 Å². The molecule has 0 saturated carbocycles. The zero-order valence-corrected chi connectivity index (χ0v) is 11.3. The first kappa shape index (κ1) is 14.6. The number of carboxylic acids is 1. The smallest absolute Gasteiger partial charge is 0.326 e. The van der Waals surface area contributed by atoms with E-state index in [-0.39, 0.29) is 5.56 Å². The molecule has 21 heavy (non-hydrogen) atoms. The van der Waals surface area contributed by atoms with Gasteiger partial charge < -0.3 is 10.4 Å². The number of carbonyl (C=O) groups is 2. The van der Waals surface area contributed by atoms with Gasteiger partial charge in [0.2, 0.25) is 0 Å². The number of hydrogen-bond acceptors (Lipinski definition) is 4. The van der Waals surface area contributed by atoms with Crippen LogP contribution >= 0.6 is 0 Å². The van der Waals surface area contributed by atoms with Gasteiger partial charge in [-0.2, -0.15) is 10.2 Å². The summed E-state index contributed by atoms with van der Waals surface area (Å²) in [6.45, 7) is 0. The Morgan fingerprint density at radius 3 is 2.52 bits per heavy atom. The Kier molecular flexibility index (Phi) is 4.98. The summed E-state index contributed by atoms with van der Waals surface area (Å²) in [4.78, 5) is 23.2. The largest absolute Gasteiger partial charge is 0.480 e. The van der Waals surface area contributed by atoms with Crippen LogP contribution in [0.2, 0.25) is 0 Å². The predicted octanol–water partition coefficient (Wildman–Crippen LogP) is 1.29. The molecule has 1 unspecified atom stereocenters. The highest BCUT2D eigenvalue weighted by Gasteiger charge is 2.20. The zero-order chi connectivity index (χ0) is 15.1. The molecule has 0 aliphatic heterocycles. The maximum Gasteiger partial charge on any atom is 0.326 e. The SMILES string of the molecule is O=C(NC(CCc1ccccc1)C(=O)O)c1ccnnc1. The van der Waals surface area contributed by atoms with Crippen LogP contribution in [-0.2, 0) is 11.2 Å². The molecule has 0 bridgehead atoms. The van der Waals surface area contributed by atoms with Gasteiger partial charge in [0, 0.05) is 0 Å². The normalized spacial score (nSPS) is 11.6. The molecule has 1 aromatic carbocycles. The molecule has 0 fully saturated rings. The fourth-order valence-electron chi connectivity index (χ4n) is 1.88. The third kappa shape index (κ3) is 4.38. The molecule has 2 rings (SSSR count). The number of nitrogens with one attached hydrogen (secondary N) is 1. The van der Waals surface area contributed by atoms with Crippen molar-refractivity contribution in [2.24, 2.45) is 0 Å². The van der Waals surface area contributed by atoms with Gasteiger partial charge in [0.25, 0.3) is 5.91 Å². The molecule has 6 heteroatoms. The van der Waals surface area contributed by atoms with Crippen molar-refractivity contribution in [3.8, 4) is 0 Å². The van der Waals surface area contributed by atoms with Gasteiger partial charge in [0.05, 0.1) is 18.0 Å². The monoisotopic (exact) mass is 285 g/mol. The second kappa shape index (κ2) is 7.14. The quantitative estimate of drug-likeness (QED) is 0.834. The summed E-state index contributed by atoms with van der Waals surface area (Å²) < 4.78 is 0. The van der Waals surface area contributed by atoms with Crippen LogP contribution in [0.4, 0.5) is 0 Å². The average Bonchev–Trinajstić information content (AvgIpc) is 2.52. The van der Waals surface area contributed by atoms with Crippen molar-refractivity contribution in [2.45, 2.75) is 18.9 Å². The first-order valence-electron chi connectivity index (χ1n) is 6.51. The fraction of sp³-hybridized carbons (Fsp3) is 0.200. The average molecular weight is 285 g/mol. The van der Waals surface area contributed by atoms with E-state index in [0.29, 0.717) is 12.8 Å². The van der Waals surface area contributed by atoms with E-state index in [1.54, 1.807) is 0 Å². The van der Waals surface area contributed by atoms with E-state index in [9.17, 15) is 14.7 Å². The van der Waals surface area contributed by atoms with Gasteiger partial charge in [-0.25, -0.2) is 4.79 Å². The zero-order valence-electron chi connectivity index (χ0n) is 11.3. The van der Waals surface area contributed by atoms with Crippen molar-refractivity contribution in [2.75, 3.05) is 0 Å². The minimum atomic E-state index is -1.05. The Balaban J connectivity index is 1.96. The number of rotatable bonds is 6. The van der Waals surface area contributed by atoms with Crippen LogP contribution in [0, 0.1) is 0 Å². The molecule has 0 aliphatic carbocycles. The van der Waals surface area contributed by atoms with Gasteiger partial charge in [-0.3, -0.25) is 4.79 Å². The molecule has 0 radical (unpaired) electrons. The first-order valence-corrected chi connectivity index (χ1v) is 6.51. The lowest BCUT2D eigenvalue weighted by molar-refractivity contribution is -0.139. The predicted molar refractivity (Wildman–Crippen MR) is 75.7 cm³/mol. The highest BCUT2D eigenvalue weighted by Crippen LogP contribution is 2.06. The second-order valence-corrected chi connectivity index (χ2v) is 4.52. The highest BCUT2D eigenvalue weighted by molar-refractivity contribution is 5.96. The molecule has 0 aliphatic rings. The summed E-state index contributed by atoms with van der Waals surface area (Å²) in [5, 5.41) is 18.9. The maximum atomic E-state index is 11.9. The molecule has 0 spiro atoms. The lowest BCUT2D eigenvalue weighted by atomic mass is 10.1. The van der Waals surface area contributed by atoms with E-state index in [4.69, 9.17) is 0 Å². The van der Waals surface area contributed by atoms with E-state index in [2.05, 4.69) is 15.5 Å². The van der Waals surface area contributed by atoms with E-state index in [0.717, 1.165) is 5.56 Å². The van der Waals surface area contributed by atoms with Crippen LogP contribution in [0.5, 0.6) is 0 Å². The minimum absolute atomic E-state index is 0.288. The number of hydrogen-bond donors (Lipinski definition) is 2. The van der Waals surface area contributed by atoms with Gasteiger partial charge in [-0.1, -0.05) is 30.3 Å². The Labute approximate surface area is 121 Å². The van der Waals surface area contributed by atoms with Crippen LogP contribution < -0.4 is 5.32 Å². The van der Waals surface area contributed by atoms with Gasteiger partial charge in [0.15, 0.2) is 0 Å². The van der Waals surface area contributed by atoms with Crippen LogP contribution in [0.3, 0.4) is 0 Å². The van der Waals surface area contributed by atoms with Gasteiger partial charge in [-0.05, 0) is 24.5 Å². The Morgan fingerprint density at radius 2 is 1.90 bits per heavy atom. The minimum Gasteiger partial charge on any atom is -0.480 e. The molecule has 1 atom stereocenters. The lowest BCUT2D eigenvalue weighted by Gasteiger charge is -2.14. The van der Waals surface area contributed by atoms with Crippen LogP contribution in [0.1, 0.15) is 22.3 Å². The maximum absolute atomic E-state index is 11.9. The number of aromatic nitrogens is 2. The molecule has 1 aromatic heterocycles. The number of nitrogens with zero attached hydrogens (tertiary/aromatic N) is 2. The number of carbonyl (C=O) groups excluding carboxylic acids is 1. The number of carboxylic acid groups (broad SMARTS) is 1. The molecule has 6 nitrogen and oxygen atoms in total. The Hall–Kier alpha value is -2.76. The van der Waals surface area contributed by atoms with Crippen LogP contribution in [-0.4, -0.2) is 33.2 Å². The van der Waals surface area contributed by atoms with Crippen molar-refractivity contribution >= 4 is 11.9 Å². The molecule has 0 saturated heterocycles. The van der Waals surface area contributed by atoms with Gasteiger partial charge >= 0.3 is 5.97 Å². The number of aliphatic carboxylic acids is 1. The van der Waals surface area contributed by atoms with E-state index < -0.39 is 17.9 Å². The molecular weight excluding hydrogens is 270 g/mol. The molecule has 1 amide bonds. The van der Waals surface area contributed by atoms with Crippen LogP contribution in [0.25, 0.3) is 0 Å². The third-order valence-corrected chi connectivity index (χ3v) is 3.01. The molecule has 1 heterocycles. The van der Waals surface area contributed by atoms with Crippen molar-refractivity contribution in [1.29, 1.82) is 0 Å². The Bertz CT molecular complexity index is 602. The molecular formula is C15H15N3O3. The standard InChI is InChI=1S/C15H15N3O3/c19-14(12-8-9-16-17-10-12)18-13(15(20)21)7-6-11-4-2-1-3-5-11/h1-5,8-10,13H,6-7H2,(H,18,19)(H,20,21). The lowest BCUT2D eigenvalue weighted by Crippen LogP contribution is -2.41. The fourth-order valence-corrected chi connectivity index (χ4v) is 1.88. The summed E-state index contributed by atoms with van der Waals surface area (Å²) in [7, 11) is 0. The van der Waals surface area contributed by atoms with Crippen molar-refractivity contribution in [3.63, 3.8) is 0 Å². The van der Waals surface area contributed by atoms with E-state index in [1.165, 1.54) is 18.5 Å². The number of aryl methyl sites for hydroxylation is 1. The van der Waals surface area contributed by atoms with E-state index >= 15 is 0 Å².